The van der Waals surface area contributed by atoms with Gasteiger partial charge in [0.05, 0.1) is 6.61 Å². The van der Waals surface area contributed by atoms with Crippen LogP contribution in [0, 0.1) is 0 Å². The van der Waals surface area contributed by atoms with E-state index in [4.69, 9.17) is 9.47 Å². The summed E-state index contributed by atoms with van der Waals surface area (Å²) in [5.41, 5.74) is 0. The largest absolute Gasteiger partial charge is 0.385 e. The predicted octanol–water partition coefficient (Wildman–Crippen LogP) is 1.38. The third-order valence-electron chi connectivity index (χ3n) is 1.81. The maximum Gasteiger partial charge on any atom is 0.0587 e. The Morgan fingerprint density at radius 1 is 1.21 bits per heavy atom. The van der Waals surface area contributed by atoms with Crippen LogP contribution in [-0.4, -0.2) is 51.5 Å². The van der Waals surface area contributed by atoms with Crippen LogP contribution in [0.5, 0.6) is 0 Å². The van der Waals surface area contributed by atoms with Crippen LogP contribution in [-0.2, 0) is 9.47 Å². The van der Waals surface area contributed by atoms with Gasteiger partial charge in [-0.2, -0.15) is 11.8 Å². The maximum absolute atomic E-state index is 4.99. The molecule has 0 aromatic heterocycles. The molecule has 0 aliphatic rings. The minimum Gasteiger partial charge on any atom is -0.385 e. The van der Waals surface area contributed by atoms with Gasteiger partial charge in [-0.15, -0.1) is 0 Å². The molecule has 1 atom stereocenters. The normalized spacial score (nSPS) is 13.1. The van der Waals surface area contributed by atoms with Crippen molar-refractivity contribution in [2.75, 3.05) is 46.3 Å². The zero-order valence-corrected chi connectivity index (χ0v) is 10.4. The molecule has 0 aromatic carbocycles. The second-order valence-corrected chi connectivity index (χ2v) is 4.77. The molecule has 0 aliphatic heterocycles. The first-order chi connectivity index (χ1) is 6.81. The molecular weight excluding hydrogens is 198 g/mol. The fourth-order valence-corrected chi connectivity index (χ4v) is 1.95. The van der Waals surface area contributed by atoms with Crippen LogP contribution in [0.25, 0.3) is 0 Å². The minimum absolute atomic E-state index is 0.670. The van der Waals surface area contributed by atoms with E-state index in [1.54, 1.807) is 14.2 Å². The number of nitrogens with one attached hydrogen (secondary N) is 1. The van der Waals surface area contributed by atoms with E-state index in [1.165, 1.54) is 5.75 Å². The molecule has 0 fully saturated rings. The molecule has 0 spiro atoms. The lowest BCUT2D eigenvalue weighted by atomic mass is 10.4. The van der Waals surface area contributed by atoms with E-state index in [9.17, 15) is 0 Å². The minimum atomic E-state index is 0.670. The van der Waals surface area contributed by atoms with Crippen LogP contribution in [0.3, 0.4) is 0 Å². The van der Waals surface area contributed by atoms with Gasteiger partial charge in [0.2, 0.25) is 0 Å². The molecule has 1 N–H and O–H groups in total. The lowest BCUT2D eigenvalue weighted by molar-refractivity contribution is 0.199. The molecule has 0 aromatic rings. The summed E-state index contributed by atoms with van der Waals surface area (Å²) in [4.78, 5) is 0. The Balaban J connectivity index is 3.07. The summed E-state index contributed by atoms with van der Waals surface area (Å²) >= 11 is 1.99. The van der Waals surface area contributed by atoms with Crippen molar-refractivity contribution in [3.8, 4) is 0 Å². The average Bonchev–Trinajstić information content (AvgIpc) is 2.19. The molecule has 0 aliphatic carbocycles. The number of thioether (sulfide) groups is 1. The van der Waals surface area contributed by atoms with Crippen molar-refractivity contribution >= 4 is 11.8 Å². The van der Waals surface area contributed by atoms with Crippen molar-refractivity contribution in [2.45, 2.75) is 18.6 Å². The third-order valence-corrected chi connectivity index (χ3v) is 3.07. The van der Waals surface area contributed by atoms with Crippen LogP contribution in [0.1, 0.15) is 13.3 Å². The summed E-state index contributed by atoms with van der Waals surface area (Å²) in [5.74, 6) is 1.18. The summed E-state index contributed by atoms with van der Waals surface area (Å²) in [7, 11) is 3.48. The van der Waals surface area contributed by atoms with Gasteiger partial charge in [-0.25, -0.2) is 0 Å². The molecular formula is C10H23NO2S. The topological polar surface area (TPSA) is 30.5 Å². The van der Waals surface area contributed by atoms with Gasteiger partial charge in [0.1, 0.15) is 0 Å². The first-order valence-corrected chi connectivity index (χ1v) is 6.16. The van der Waals surface area contributed by atoms with Crippen molar-refractivity contribution in [1.29, 1.82) is 0 Å². The fourth-order valence-electron chi connectivity index (χ4n) is 1.03. The first kappa shape index (κ1) is 14.2. The van der Waals surface area contributed by atoms with Crippen molar-refractivity contribution in [1.82, 2.24) is 5.32 Å². The monoisotopic (exact) mass is 221 g/mol. The Morgan fingerprint density at radius 2 is 1.93 bits per heavy atom. The average molecular weight is 221 g/mol. The van der Waals surface area contributed by atoms with Gasteiger partial charge >= 0.3 is 0 Å². The van der Waals surface area contributed by atoms with Crippen LogP contribution in [0.4, 0.5) is 0 Å². The predicted molar refractivity (Wildman–Crippen MR) is 63.2 cm³/mol. The molecule has 0 saturated heterocycles. The Morgan fingerprint density at radius 3 is 2.57 bits per heavy atom. The van der Waals surface area contributed by atoms with Crippen molar-refractivity contribution < 1.29 is 9.47 Å². The van der Waals surface area contributed by atoms with E-state index >= 15 is 0 Å². The highest BCUT2D eigenvalue weighted by Gasteiger charge is 2.00. The van der Waals surface area contributed by atoms with E-state index in [1.807, 2.05) is 11.8 Å². The highest BCUT2D eigenvalue weighted by molar-refractivity contribution is 7.99. The Kier molecular flexibility index (Phi) is 11.5. The van der Waals surface area contributed by atoms with Crippen LogP contribution < -0.4 is 5.32 Å². The Labute approximate surface area is 91.9 Å². The Bertz CT molecular complexity index is 102. The zero-order chi connectivity index (χ0) is 10.6. The second kappa shape index (κ2) is 11.3. The number of hydrogen-bond donors (Lipinski definition) is 1. The molecule has 0 amide bonds. The van der Waals surface area contributed by atoms with Crippen LogP contribution in [0.2, 0.25) is 0 Å². The van der Waals surface area contributed by atoms with E-state index < -0.39 is 0 Å². The van der Waals surface area contributed by atoms with E-state index in [-0.39, 0.29) is 0 Å². The van der Waals surface area contributed by atoms with Crippen molar-refractivity contribution in [2.24, 2.45) is 0 Å². The molecule has 14 heavy (non-hydrogen) atoms. The second-order valence-electron chi connectivity index (χ2n) is 3.22. The highest BCUT2D eigenvalue weighted by Crippen LogP contribution is 2.10. The number of ether oxygens (including phenoxy) is 2. The highest BCUT2D eigenvalue weighted by atomic mass is 32.2. The number of hydrogen-bond acceptors (Lipinski definition) is 4. The fraction of sp³-hybridized carbons (Fsp3) is 1.00. The van der Waals surface area contributed by atoms with Crippen LogP contribution >= 0.6 is 11.8 Å². The lowest BCUT2D eigenvalue weighted by Gasteiger charge is -2.11. The van der Waals surface area contributed by atoms with Gasteiger partial charge in [0, 0.05) is 39.2 Å². The molecule has 3 nitrogen and oxygen atoms in total. The first-order valence-electron chi connectivity index (χ1n) is 5.11. The molecule has 1 unspecified atom stereocenters. The van der Waals surface area contributed by atoms with Gasteiger partial charge in [0.15, 0.2) is 0 Å². The van der Waals surface area contributed by atoms with E-state index in [2.05, 4.69) is 12.2 Å². The van der Waals surface area contributed by atoms with E-state index in [0.29, 0.717) is 5.25 Å². The lowest BCUT2D eigenvalue weighted by Crippen LogP contribution is -2.26. The summed E-state index contributed by atoms with van der Waals surface area (Å²) < 4.78 is 9.94. The molecule has 0 radical (unpaired) electrons. The Hall–Kier alpha value is 0.230. The summed E-state index contributed by atoms with van der Waals surface area (Å²) in [6, 6.07) is 0. The molecule has 0 saturated carbocycles. The van der Waals surface area contributed by atoms with Gasteiger partial charge in [-0.3, -0.25) is 0 Å². The van der Waals surface area contributed by atoms with Crippen molar-refractivity contribution in [3.05, 3.63) is 0 Å². The van der Waals surface area contributed by atoms with Gasteiger partial charge < -0.3 is 14.8 Å². The smallest absolute Gasteiger partial charge is 0.0587 e. The van der Waals surface area contributed by atoms with Gasteiger partial charge in [-0.05, 0) is 12.2 Å². The third kappa shape index (κ3) is 10.3. The summed E-state index contributed by atoms with van der Waals surface area (Å²) in [6.07, 6.45) is 1.14. The van der Waals surface area contributed by atoms with Crippen molar-refractivity contribution in [3.63, 3.8) is 0 Å². The molecule has 86 valence electrons. The SMILES string of the molecule is COCCCSC(C)CNCCOC. The van der Waals surface area contributed by atoms with E-state index in [0.717, 1.165) is 32.7 Å². The standard InChI is InChI=1S/C10H23NO2S/c1-10(9-11-5-7-13-3)14-8-4-6-12-2/h10-11H,4-9H2,1-3H3. The van der Waals surface area contributed by atoms with Crippen LogP contribution in [0.15, 0.2) is 0 Å². The van der Waals surface area contributed by atoms with Gasteiger partial charge in [0.25, 0.3) is 0 Å². The number of rotatable bonds is 10. The molecule has 0 heterocycles. The summed E-state index contributed by atoms with van der Waals surface area (Å²) in [5, 5.41) is 4.02. The number of methoxy groups -OCH3 is 2. The zero-order valence-electron chi connectivity index (χ0n) is 9.54. The molecule has 4 heteroatoms. The molecule has 0 bridgehead atoms. The summed E-state index contributed by atoms with van der Waals surface area (Å²) in [6.45, 7) is 5.91. The van der Waals surface area contributed by atoms with Gasteiger partial charge in [-0.1, -0.05) is 6.92 Å². The maximum atomic E-state index is 4.99. The molecule has 0 rings (SSSR count). The quantitative estimate of drug-likeness (QED) is 0.565.